The van der Waals surface area contributed by atoms with Gasteiger partial charge in [0.2, 0.25) is 0 Å². The quantitative estimate of drug-likeness (QED) is 0.764. The minimum Gasteiger partial charge on any atom is -0.333 e. The molecule has 6 nitrogen and oxygen atoms in total. The lowest BCUT2D eigenvalue weighted by atomic mass is 10.1. The fraction of sp³-hybridized carbons (Fsp3) is 0.615. The van der Waals surface area contributed by atoms with Crippen LogP contribution in [0.4, 0.5) is 0 Å². The molecule has 1 fully saturated rings. The van der Waals surface area contributed by atoms with Gasteiger partial charge in [-0.15, -0.1) is 12.4 Å². The van der Waals surface area contributed by atoms with E-state index in [9.17, 15) is 9.59 Å². The van der Waals surface area contributed by atoms with E-state index in [1.807, 2.05) is 6.92 Å². The van der Waals surface area contributed by atoms with Gasteiger partial charge in [-0.3, -0.25) is 14.2 Å². The average molecular weight is 331 g/mol. The van der Waals surface area contributed by atoms with Gasteiger partial charge in [0.1, 0.15) is 5.56 Å². The maximum Gasteiger partial charge on any atom is 0.267 e. The highest BCUT2D eigenvalue weighted by atomic mass is 35.5. The molecule has 2 aliphatic rings. The molecule has 3 rings (SSSR count). The molecule has 3 heterocycles. The van der Waals surface area contributed by atoms with Gasteiger partial charge < -0.3 is 10.2 Å². The van der Waals surface area contributed by atoms with Gasteiger partial charge in [-0.2, -0.15) is 0 Å². The molecule has 0 spiro atoms. The molecule has 1 amide bonds. The number of carbonyl (C=O) groups is 1. The number of piperazine rings is 1. The minimum absolute atomic E-state index is 0. The normalized spacial score (nSPS) is 24.4. The zero-order valence-corrected chi connectivity index (χ0v) is 13.7. The van der Waals surface area contributed by atoms with Crippen LogP contribution >= 0.6 is 24.2 Å². The fourth-order valence-corrected chi connectivity index (χ4v) is 3.58. The summed E-state index contributed by atoms with van der Waals surface area (Å²) in [5.41, 5.74) is -0.0133. The molecule has 116 valence electrons. The summed E-state index contributed by atoms with van der Waals surface area (Å²) in [4.78, 5) is 31.0. The first-order valence-corrected chi connectivity index (χ1v) is 7.85. The maximum atomic E-state index is 12.6. The Morgan fingerprint density at radius 1 is 1.43 bits per heavy atom. The SMILES string of the molecule is CC1NCCN(C(=O)c2cnc3n(c2=O)CCS3)C1C.Cl. The van der Waals surface area contributed by atoms with Crippen molar-refractivity contribution < 1.29 is 4.79 Å². The van der Waals surface area contributed by atoms with E-state index in [1.54, 1.807) is 21.2 Å². The zero-order chi connectivity index (χ0) is 14.3. The monoisotopic (exact) mass is 330 g/mol. The predicted octanol–water partition coefficient (Wildman–Crippen LogP) is 0.593. The Hall–Kier alpha value is -1.05. The molecule has 2 atom stereocenters. The summed E-state index contributed by atoms with van der Waals surface area (Å²) in [7, 11) is 0. The number of aromatic nitrogens is 2. The molecule has 0 radical (unpaired) electrons. The van der Waals surface area contributed by atoms with Crippen molar-refractivity contribution in [3.05, 3.63) is 22.1 Å². The summed E-state index contributed by atoms with van der Waals surface area (Å²) in [5, 5.41) is 4.04. The van der Waals surface area contributed by atoms with Crippen molar-refractivity contribution in [1.29, 1.82) is 0 Å². The number of hydrogen-bond acceptors (Lipinski definition) is 5. The summed E-state index contributed by atoms with van der Waals surface area (Å²) in [6, 6.07) is 0.302. The van der Waals surface area contributed by atoms with Gasteiger partial charge >= 0.3 is 0 Å². The van der Waals surface area contributed by atoms with Crippen LogP contribution in [0.1, 0.15) is 24.2 Å². The van der Waals surface area contributed by atoms with Crippen LogP contribution in [0, 0.1) is 0 Å². The molecule has 0 aromatic carbocycles. The third-order valence-electron chi connectivity index (χ3n) is 4.08. The zero-order valence-electron chi connectivity index (χ0n) is 12.0. The number of hydrogen-bond donors (Lipinski definition) is 1. The maximum absolute atomic E-state index is 12.6. The van der Waals surface area contributed by atoms with Crippen LogP contribution in [0.2, 0.25) is 0 Å². The Morgan fingerprint density at radius 2 is 2.19 bits per heavy atom. The van der Waals surface area contributed by atoms with Crippen molar-refractivity contribution in [3.63, 3.8) is 0 Å². The standard InChI is InChI=1S/C13H18N4O2S.ClH/c1-8-9(2)16(4-3-14-8)11(18)10-7-15-13-17(12(10)19)5-6-20-13;/h7-9,14H,3-6H2,1-2H3;1H. The lowest BCUT2D eigenvalue weighted by molar-refractivity contribution is 0.0599. The van der Waals surface area contributed by atoms with E-state index in [-0.39, 0.29) is 41.5 Å². The highest BCUT2D eigenvalue weighted by Crippen LogP contribution is 2.21. The molecule has 21 heavy (non-hydrogen) atoms. The number of fused-ring (bicyclic) bond motifs is 1. The van der Waals surface area contributed by atoms with Crippen molar-refractivity contribution in [2.24, 2.45) is 0 Å². The highest BCUT2D eigenvalue weighted by molar-refractivity contribution is 7.99. The van der Waals surface area contributed by atoms with Gasteiger partial charge in [-0.25, -0.2) is 4.98 Å². The molecule has 0 aliphatic carbocycles. The number of carbonyl (C=O) groups excluding carboxylic acids is 1. The molecule has 1 N–H and O–H groups in total. The third-order valence-corrected chi connectivity index (χ3v) is 5.05. The van der Waals surface area contributed by atoms with Crippen molar-refractivity contribution in [3.8, 4) is 0 Å². The molecular formula is C13H19ClN4O2S. The van der Waals surface area contributed by atoms with Crippen molar-refractivity contribution in [2.45, 2.75) is 37.6 Å². The Kier molecular flexibility index (Phi) is 4.95. The minimum atomic E-state index is -0.205. The van der Waals surface area contributed by atoms with E-state index in [1.165, 1.54) is 6.20 Å². The van der Waals surface area contributed by atoms with E-state index in [4.69, 9.17) is 0 Å². The molecule has 1 saturated heterocycles. The van der Waals surface area contributed by atoms with Crippen molar-refractivity contribution in [1.82, 2.24) is 19.8 Å². The van der Waals surface area contributed by atoms with Gasteiger partial charge in [0.15, 0.2) is 5.16 Å². The van der Waals surface area contributed by atoms with E-state index in [0.717, 1.165) is 12.3 Å². The number of amides is 1. The topological polar surface area (TPSA) is 67.2 Å². The number of rotatable bonds is 1. The fourth-order valence-electron chi connectivity index (χ4n) is 2.66. The number of halogens is 1. The Balaban J connectivity index is 0.00000161. The number of nitrogens with one attached hydrogen (secondary N) is 1. The first kappa shape index (κ1) is 16.3. The van der Waals surface area contributed by atoms with Crippen molar-refractivity contribution >= 4 is 30.1 Å². The first-order valence-electron chi connectivity index (χ1n) is 6.86. The smallest absolute Gasteiger partial charge is 0.267 e. The molecule has 0 bridgehead atoms. The summed E-state index contributed by atoms with van der Waals surface area (Å²) >= 11 is 1.56. The molecule has 2 unspecified atom stereocenters. The van der Waals surface area contributed by atoms with Crippen LogP contribution in [-0.2, 0) is 6.54 Å². The molecule has 1 aromatic heterocycles. The van der Waals surface area contributed by atoms with Gasteiger partial charge in [0, 0.05) is 43.7 Å². The van der Waals surface area contributed by atoms with Gasteiger partial charge in [-0.05, 0) is 13.8 Å². The number of nitrogens with zero attached hydrogens (tertiary/aromatic N) is 3. The predicted molar refractivity (Wildman–Crippen MR) is 84.4 cm³/mol. The summed E-state index contributed by atoms with van der Waals surface area (Å²) in [6.45, 7) is 6.07. The van der Waals surface area contributed by atoms with Crippen LogP contribution in [0.15, 0.2) is 16.1 Å². The van der Waals surface area contributed by atoms with E-state index >= 15 is 0 Å². The van der Waals surface area contributed by atoms with Gasteiger partial charge in [0.25, 0.3) is 11.5 Å². The highest BCUT2D eigenvalue weighted by Gasteiger charge is 2.31. The van der Waals surface area contributed by atoms with Crippen LogP contribution in [0.3, 0.4) is 0 Å². The number of thioether (sulfide) groups is 1. The van der Waals surface area contributed by atoms with Crippen molar-refractivity contribution in [2.75, 3.05) is 18.8 Å². The van der Waals surface area contributed by atoms with E-state index in [0.29, 0.717) is 18.2 Å². The average Bonchev–Trinajstić information content (AvgIpc) is 2.91. The summed E-state index contributed by atoms with van der Waals surface area (Å²) in [6.07, 6.45) is 1.44. The third kappa shape index (κ3) is 2.82. The molecule has 0 saturated carbocycles. The second kappa shape index (κ2) is 6.37. The largest absolute Gasteiger partial charge is 0.333 e. The first-order chi connectivity index (χ1) is 9.59. The lowest BCUT2D eigenvalue weighted by Crippen LogP contribution is -2.57. The summed E-state index contributed by atoms with van der Waals surface area (Å²) < 4.78 is 1.61. The van der Waals surface area contributed by atoms with Crippen LogP contribution in [0.25, 0.3) is 0 Å². The van der Waals surface area contributed by atoms with Crippen LogP contribution < -0.4 is 10.9 Å². The molecular weight excluding hydrogens is 312 g/mol. The van der Waals surface area contributed by atoms with Gasteiger partial charge in [-0.1, -0.05) is 11.8 Å². The Labute approximate surface area is 133 Å². The second-order valence-corrected chi connectivity index (χ2v) is 6.30. The summed E-state index contributed by atoms with van der Waals surface area (Å²) in [5.74, 6) is 0.650. The second-order valence-electron chi connectivity index (χ2n) is 5.24. The molecule has 8 heteroatoms. The molecule has 2 aliphatic heterocycles. The lowest BCUT2D eigenvalue weighted by Gasteiger charge is -2.38. The van der Waals surface area contributed by atoms with Crippen LogP contribution in [-0.4, -0.2) is 51.3 Å². The Bertz CT molecular complexity index is 606. The molecule has 1 aromatic rings. The van der Waals surface area contributed by atoms with E-state index in [2.05, 4.69) is 17.2 Å². The Morgan fingerprint density at radius 3 is 2.95 bits per heavy atom. The van der Waals surface area contributed by atoms with E-state index < -0.39 is 0 Å². The van der Waals surface area contributed by atoms with Gasteiger partial charge in [0.05, 0.1) is 0 Å². The van der Waals surface area contributed by atoms with Crippen LogP contribution in [0.5, 0.6) is 0 Å².